The number of imidazole rings is 2. The third-order valence-corrected chi connectivity index (χ3v) is 7.61. The van der Waals surface area contributed by atoms with Crippen molar-refractivity contribution >= 4 is 41.4 Å². The number of aromatic nitrogens is 4. The maximum absolute atomic E-state index is 12.7. The van der Waals surface area contributed by atoms with Crippen molar-refractivity contribution in [3.8, 4) is 22.5 Å². The van der Waals surface area contributed by atoms with Crippen molar-refractivity contribution in [3.63, 3.8) is 0 Å². The fourth-order valence-corrected chi connectivity index (χ4v) is 5.20. The van der Waals surface area contributed by atoms with Crippen LogP contribution in [0.25, 0.3) is 22.5 Å². The molecule has 13 heteroatoms. The summed E-state index contributed by atoms with van der Waals surface area (Å²) in [6.45, 7) is 12.9. The first-order valence-corrected chi connectivity index (χ1v) is 17.5. The van der Waals surface area contributed by atoms with Crippen LogP contribution in [0.5, 0.6) is 0 Å². The Balaban J connectivity index is 0.000000267. The van der Waals surface area contributed by atoms with Gasteiger partial charge in [0.25, 0.3) is 5.91 Å². The minimum atomic E-state index is -0.674. The Morgan fingerprint density at radius 3 is 1.70 bits per heavy atom. The second-order valence-electron chi connectivity index (χ2n) is 14.4. The number of rotatable bonds is 8. The van der Waals surface area contributed by atoms with E-state index in [2.05, 4.69) is 22.2 Å². The lowest BCUT2D eigenvalue weighted by Crippen LogP contribution is -2.28. The number of carbonyl (C=O) groups excluding carboxylic acids is 3. The van der Waals surface area contributed by atoms with Crippen LogP contribution in [-0.4, -0.2) is 48.4 Å². The predicted molar refractivity (Wildman–Crippen MR) is 209 cm³/mol. The monoisotopic (exact) mass is 722 g/mol. The summed E-state index contributed by atoms with van der Waals surface area (Å²) in [5.41, 5.74) is 21.6. The summed E-state index contributed by atoms with van der Waals surface area (Å²) in [4.78, 5) is 45.6. The average Bonchev–Trinajstić information content (AvgIpc) is 3.66. The zero-order valence-corrected chi connectivity index (χ0v) is 31.5. The van der Waals surface area contributed by atoms with Gasteiger partial charge in [-0.1, -0.05) is 56.2 Å². The van der Waals surface area contributed by atoms with Gasteiger partial charge >= 0.3 is 12.2 Å². The number of nitrogens with one attached hydrogen (secondary N) is 1. The van der Waals surface area contributed by atoms with E-state index in [1.807, 2.05) is 36.4 Å². The summed E-state index contributed by atoms with van der Waals surface area (Å²) in [7, 11) is 0. The van der Waals surface area contributed by atoms with Gasteiger partial charge in [0.05, 0.1) is 23.8 Å². The molecule has 0 saturated heterocycles. The first-order valence-electron chi connectivity index (χ1n) is 17.5. The minimum Gasteiger partial charge on any atom is -0.443 e. The summed E-state index contributed by atoms with van der Waals surface area (Å²) in [6, 6.07) is 22.0. The van der Waals surface area contributed by atoms with Gasteiger partial charge < -0.3 is 32.0 Å². The molecule has 0 atom stereocenters. The van der Waals surface area contributed by atoms with E-state index < -0.39 is 23.4 Å². The molecule has 0 aliphatic heterocycles. The average molecular weight is 723 g/mol. The van der Waals surface area contributed by atoms with E-state index in [4.69, 9.17) is 26.7 Å². The highest BCUT2D eigenvalue weighted by Gasteiger charge is 2.24. The first-order chi connectivity index (χ1) is 25.0. The largest absolute Gasteiger partial charge is 0.443 e. The number of anilines is 4. The van der Waals surface area contributed by atoms with Gasteiger partial charge in [-0.05, 0) is 96.3 Å². The van der Waals surface area contributed by atoms with E-state index in [1.165, 1.54) is 39.9 Å². The molecule has 0 bridgehead atoms. The lowest BCUT2D eigenvalue weighted by atomic mass is 10.0. The van der Waals surface area contributed by atoms with Crippen molar-refractivity contribution in [1.82, 2.24) is 19.1 Å². The van der Waals surface area contributed by atoms with Crippen molar-refractivity contribution in [3.05, 3.63) is 96.3 Å². The number of nitrogen functional groups attached to an aromatic ring is 3. The number of aryl methyl sites for hydroxylation is 1. The summed E-state index contributed by atoms with van der Waals surface area (Å²) in [6.07, 6.45) is 6.42. The third-order valence-electron chi connectivity index (χ3n) is 7.61. The number of amides is 1. The maximum Gasteiger partial charge on any atom is 0.421 e. The molecule has 1 amide bonds. The quantitative estimate of drug-likeness (QED) is 0.0892. The van der Waals surface area contributed by atoms with Gasteiger partial charge in [0, 0.05) is 28.1 Å². The fourth-order valence-electron chi connectivity index (χ4n) is 5.20. The molecule has 0 unspecified atom stereocenters. The number of nitrogens with two attached hydrogens (primary N) is 3. The van der Waals surface area contributed by atoms with Crippen LogP contribution in [0.3, 0.4) is 0 Å². The number of ether oxygens (including phenoxy) is 2. The number of nitrogens with zero attached hydrogens (tertiary/aromatic N) is 4. The van der Waals surface area contributed by atoms with Crippen LogP contribution in [0.2, 0.25) is 0 Å². The second-order valence-corrected chi connectivity index (χ2v) is 14.4. The molecular formula is C40H50N8O5. The molecule has 0 aliphatic carbocycles. The molecule has 2 heterocycles. The van der Waals surface area contributed by atoms with E-state index in [9.17, 15) is 14.4 Å². The molecule has 13 nitrogen and oxygen atoms in total. The highest BCUT2D eigenvalue weighted by atomic mass is 16.6. The Labute approximate surface area is 310 Å². The van der Waals surface area contributed by atoms with Gasteiger partial charge in [-0.15, -0.1) is 0 Å². The standard InChI is InChI=1S/C26H32N4O3.C14H18N4O2/c1-5-6-7-9-18-12-14-19(15-13-18)23(31)29-21-11-8-10-20(16-21)22-17-28-24(27)30(22)25(32)33-26(2,3)4;1-14(2,3)20-13(19)18-11(8-17-12(18)16)9-5-4-6-10(15)7-9/h8,10-17H,5-7,9H2,1-4H3,(H2,27,28)(H,29,31);4-8H,15H2,1-3H3,(H2,16,17). The normalized spacial score (nSPS) is 11.3. The summed E-state index contributed by atoms with van der Waals surface area (Å²) in [5, 5.41) is 2.92. The molecule has 2 aromatic heterocycles. The van der Waals surface area contributed by atoms with Crippen LogP contribution < -0.4 is 22.5 Å². The smallest absolute Gasteiger partial charge is 0.421 e. The van der Waals surface area contributed by atoms with Crippen molar-refractivity contribution in [1.29, 1.82) is 0 Å². The van der Waals surface area contributed by atoms with Gasteiger partial charge in [0.2, 0.25) is 11.9 Å². The molecule has 280 valence electrons. The van der Waals surface area contributed by atoms with E-state index in [0.717, 1.165) is 18.4 Å². The van der Waals surface area contributed by atoms with E-state index >= 15 is 0 Å². The second kappa shape index (κ2) is 16.9. The Bertz CT molecular complexity index is 2030. The topological polar surface area (TPSA) is 195 Å². The van der Waals surface area contributed by atoms with Gasteiger partial charge in [0.1, 0.15) is 11.2 Å². The molecule has 0 saturated carbocycles. The van der Waals surface area contributed by atoms with Gasteiger partial charge in [-0.2, -0.15) is 0 Å². The first kappa shape index (κ1) is 39.7. The predicted octanol–water partition coefficient (Wildman–Crippen LogP) is 8.40. The Morgan fingerprint density at radius 2 is 1.21 bits per heavy atom. The maximum atomic E-state index is 12.7. The van der Waals surface area contributed by atoms with Crippen LogP contribution in [0.4, 0.5) is 32.9 Å². The number of benzene rings is 3. The summed E-state index contributed by atoms with van der Waals surface area (Å²) >= 11 is 0. The number of hydrogen-bond acceptors (Lipinski definition) is 10. The van der Waals surface area contributed by atoms with Crippen molar-refractivity contribution in [2.75, 3.05) is 22.5 Å². The van der Waals surface area contributed by atoms with E-state index in [-0.39, 0.29) is 17.8 Å². The number of unbranched alkanes of at least 4 members (excludes halogenated alkanes) is 2. The number of hydrogen-bond donors (Lipinski definition) is 4. The van der Waals surface area contributed by atoms with Crippen LogP contribution >= 0.6 is 0 Å². The van der Waals surface area contributed by atoms with Gasteiger partial charge in [0.15, 0.2) is 0 Å². The van der Waals surface area contributed by atoms with Crippen LogP contribution in [0.1, 0.15) is 83.7 Å². The van der Waals surface area contributed by atoms with E-state index in [1.54, 1.807) is 77.9 Å². The highest BCUT2D eigenvalue weighted by molar-refractivity contribution is 6.04. The Hall–Kier alpha value is -6.11. The summed E-state index contributed by atoms with van der Waals surface area (Å²) in [5.74, 6) is -0.0863. The summed E-state index contributed by atoms with van der Waals surface area (Å²) < 4.78 is 13.2. The molecule has 0 aliphatic rings. The highest BCUT2D eigenvalue weighted by Crippen LogP contribution is 2.27. The Morgan fingerprint density at radius 1 is 0.698 bits per heavy atom. The van der Waals surface area contributed by atoms with Crippen LogP contribution in [0.15, 0.2) is 85.2 Å². The van der Waals surface area contributed by atoms with Crippen LogP contribution in [-0.2, 0) is 15.9 Å². The Kier molecular flexibility index (Phi) is 12.7. The lowest BCUT2D eigenvalue weighted by Gasteiger charge is -2.20. The third kappa shape index (κ3) is 11.2. The molecule has 5 rings (SSSR count). The molecule has 53 heavy (non-hydrogen) atoms. The zero-order chi connectivity index (χ0) is 38.9. The van der Waals surface area contributed by atoms with Gasteiger partial charge in [-0.3, -0.25) is 4.79 Å². The molecule has 3 aromatic carbocycles. The van der Waals surface area contributed by atoms with Crippen molar-refractivity contribution < 1.29 is 23.9 Å². The lowest BCUT2D eigenvalue weighted by molar-refractivity contribution is 0.0531. The minimum absolute atomic E-state index is 0.0349. The SMILES string of the molecule is CC(C)(C)OC(=O)n1c(-c2cccc(N)c2)cnc1N.CCCCCc1ccc(C(=O)Nc2cccc(-c3cnc(N)n3C(=O)OC(C)(C)C)c2)cc1. The molecule has 0 fully saturated rings. The molecule has 0 spiro atoms. The molecule has 7 N–H and O–H groups in total. The zero-order valence-electron chi connectivity index (χ0n) is 31.5. The van der Waals surface area contributed by atoms with Crippen molar-refractivity contribution in [2.24, 2.45) is 0 Å². The van der Waals surface area contributed by atoms with Gasteiger partial charge in [-0.25, -0.2) is 28.7 Å². The molecule has 5 aromatic rings. The fraction of sp³-hybridized carbons (Fsp3) is 0.325. The number of carbonyl (C=O) groups is 3. The molecular weight excluding hydrogens is 672 g/mol. The van der Waals surface area contributed by atoms with E-state index in [0.29, 0.717) is 33.9 Å². The molecule has 0 radical (unpaired) electrons. The van der Waals surface area contributed by atoms with Crippen molar-refractivity contribution in [2.45, 2.75) is 85.4 Å². The van der Waals surface area contributed by atoms with Crippen LogP contribution in [0, 0.1) is 0 Å².